The molecule has 7 heteroatoms. The number of hydrogen-bond acceptors (Lipinski definition) is 4. The Hall–Kier alpha value is -3.35. The van der Waals surface area contributed by atoms with Crippen LogP contribution in [0.4, 0.5) is 5.69 Å². The smallest absolute Gasteiger partial charge is 0.252 e. The molecule has 0 saturated carbocycles. The Morgan fingerprint density at radius 2 is 2.04 bits per heavy atom. The number of carbonyl (C=O) groups excluding carboxylic acids is 2. The van der Waals surface area contributed by atoms with Crippen LogP contribution in [0.5, 0.6) is 0 Å². The maximum absolute atomic E-state index is 11.4. The maximum atomic E-state index is 11.4. The molecule has 3 rings (SSSR count). The molecule has 0 atom stereocenters. The number of nitrogen functional groups attached to an aromatic ring is 1. The van der Waals surface area contributed by atoms with E-state index in [1.165, 1.54) is 13.1 Å². The molecule has 2 aromatic heterocycles. The van der Waals surface area contributed by atoms with Gasteiger partial charge in [0, 0.05) is 25.2 Å². The van der Waals surface area contributed by atoms with Gasteiger partial charge in [0.1, 0.15) is 0 Å². The molecule has 0 aliphatic carbocycles. The number of nitrogens with two attached hydrogens (primary N) is 2. The Morgan fingerprint density at radius 3 is 2.75 bits per heavy atom. The van der Waals surface area contributed by atoms with Crippen LogP contribution in [-0.2, 0) is 11.3 Å². The molecule has 0 aliphatic rings. The fourth-order valence-electron chi connectivity index (χ4n) is 2.52. The van der Waals surface area contributed by atoms with E-state index in [4.69, 9.17) is 11.5 Å². The highest BCUT2D eigenvalue weighted by molar-refractivity contribution is 6.01. The van der Waals surface area contributed by atoms with Crippen molar-refractivity contribution in [1.29, 1.82) is 0 Å². The Kier molecular flexibility index (Phi) is 3.91. The number of aromatic nitrogens is 2. The number of fused-ring (bicyclic) bond motifs is 1. The molecule has 2 heterocycles. The van der Waals surface area contributed by atoms with Crippen molar-refractivity contribution in [2.45, 2.75) is 13.5 Å². The van der Waals surface area contributed by atoms with Crippen LogP contribution in [-0.4, -0.2) is 21.4 Å². The molecule has 7 nitrogen and oxygen atoms in total. The quantitative estimate of drug-likeness (QED) is 0.671. The first-order valence-electron chi connectivity index (χ1n) is 7.36. The van der Waals surface area contributed by atoms with E-state index in [0.29, 0.717) is 17.7 Å². The van der Waals surface area contributed by atoms with Gasteiger partial charge in [0.15, 0.2) is 0 Å². The zero-order valence-electron chi connectivity index (χ0n) is 13.1. The highest BCUT2D eigenvalue weighted by atomic mass is 16.1. The van der Waals surface area contributed by atoms with Crippen LogP contribution in [0.2, 0.25) is 0 Å². The van der Waals surface area contributed by atoms with Crippen LogP contribution in [0.3, 0.4) is 0 Å². The average molecular weight is 323 g/mol. The lowest BCUT2D eigenvalue weighted by atomic mass is 10.1. The van der Waals surface area contributed by atoms with Crippen molar-refractivity contribution in [3.63, 3.8) is 0 Å². The summed E-state index contributed by atoms with van der Waals surface area (Å²) in [6.45, 7) is 1.94. The summed E-state index contributed by atoms with van der Waals surface area (Å²) < 4.78 is 1.61. The molecular formula is C17H17N5O2. The lowest BCUT2D eigenvalue weighted by Crippen LogP contribution is -2.18. The highest BCUT2D eigenvalue weighted by Crippen LogP contribution is 2.27. The van der Waals surface area contributed by atoms with E-state index in [-0.39, 0.29) is 11.5 Å². The van der Waals surface area contributed by atoms with Crippen molar-refractivity contribution in [3.05, 3.63) is 53.9 Å². The molecule has 0 aliphatic heterocycles. The summed E-state index contributed by atoms with van der Waals surface area (Å²) in [5, 5.41) is 6.94. The summed E-state index contributed by atoms with van der Waals surface area (Å²) in [4.78, 5) is 22.4. The van der Waals surface area contributed by atoms with Gasteiger partial charge in [0.25, 0.3) is 5.91 Å². The number of amides is 2. The summed E-state index contributed by atoms with van der Waals surface area (Å²) in [7, 11) is 0. The van der Waals surface area contributed by atoms with E-state index in [1.807, 2.05) is 36.5 Å². The Bertz CT molecular complexity index is 945. The number of benzene rings is 1. The molecular weight excluding hydrogens is 306 g/mol. The molecule has 0 fully saturated rings. The summed E-state index contributed by atoms with van der Waals surface area (Å²) >= 11 is 0. The van der Waals surface area contributed by atoms with Gasteiger partial charge in [-0.15, -0.1) is 0 Å². The fourth-order valence-corrected chi connectivity index (χ4v) is 2.52. The van der Waals surface area contributed by atoms with Crippen molar-refractivity contribution in [2.75, 3.05) is 5.73 Å². The fraction of sp³-hybridized carbons (Fsp3) is 0.118. The normalized spacial score (nSPS) is 10.7. The Labute approximate surface area is 138 Å². The van der Waals surface area contributed by atoms with Gasteiger partial charge < -0.3 is 16.8 Å². The number of anilines is 1. The first-order chi connectivity index (χ1) is 11.5. The molecule has 0 bridgehead atoms. The van der Waals surface area contributed by atoms with Crippen molar-refractivity contribution in [3.8, 4) is 11.1 Å². The van der Waals surface area contributed by atoms with Gasteiger partial charge in [-0.2, -0.15) is 5.10 Å². The molecule has 122 valence electrons. The third-order valence-electron chi connectivity index (χ3n) is 3.75. The molecule has 0 saturated heterocycles. The summed E-state index contributed by atoms with van der Waals surface area (Å²) in [5.74, 6) is -0.687. The van der Waals surface area contributed by atoms with Crippen LogP contribution in [0.25, 0.3) is 16.6 Å². The largest absolute Gasteiger partial charge is 0.396 e. The zero-order chi connectivity index (χ0) is 17.3. The van der Waals surface area contributed by atoms with E-state index < -0.39 is 5.91 Å². The predicted octanol–water partition coefficient (Wildman–Crippen LogP) is 1.32. The monoisotopic (exact) mass is 323 g/mol. The topological polar surface area (TPSA) is 116 Å². The second kappa shape index (κ2) is 6.04. The van der Waals surface area contributed by atoms with Gasteiger partial charge >= 0.3 is 0 Å². The molecule has 2 amide bonds. The van der Waals surface area contributed by atoms with Gasteiger partial charge in [0.05, 0.1) is 23.0 Å². The number of carbonyl (C=O) groups is 2. The first-order valence-corrected chi connectivity index (χ1v) is 7.36. The second-order valence-electron chi connectivity index (χ2n) is 5.50. The van der Waals surface area contributed by atoms with Gasteiger partial charge in [-0.25, -0.2) is 4.52 Å². The molecule has 1 aromatic carbocycles. The standard InChI is InChI=1S/C17H17N5O2/c1-10(23)20-7-11-3-2-4-12(5-11)13-6-15-16(18)14(17(19)24)8-21-22(15)9-13/h2-6,8-9H,7,18H2,1H3,(H2,19,24)(H,20,23). The minimum atomic E-state index is -0.609. The van der Waals surface area contributed by atoms with E-state index >= 15 is 0 Å². The predicted molar refractivity (Wildman–Crippen MR) is 91.1 cm³/mol. The number of primary amides is 1. The van der Waals surface area contributed by atoms with E-state index in [0.717, 1.165) is 16.7 Å². The van der Waals surface area contributed by atoms with Crippen molar-refractivity contribution >= 4 is 23.0 Å². The van der Waals surface area contributed by atoms with Crippen LogP contribution < -0.4 is 16.8 Å². The van der Waals surface area contributed by atoms with Gasteiger partial charge in [0.2, 0.25) is 5.91 Å². The number of nitrogens with zero attached hydrogens (tertiary/aromatic N) is 2. The highest BCUT2D eigenvalue weighted by Gasteiger charge is 2.13. The Morgan fingerprint density at radius 1 is 1.25 bits per heavy atom. The van der Waals surface area contributed by atoms with Crippen molar-refractivity contribution in [1.82, 2.24) is 14.9 Å². The van der Waals surface area contributed by atoms with Gasteiger partial charge in [-0.1, -0.05) is 18.2 Å². The summed E-state index contributed by atoms with van der Waals surface area (Å²) in [6.07, 6.45) is 3.19. The van der Waals surface area contributed by atoms with Crippen molar-refractivity contribution in [2.24, 2.45) is 5.73 Å². The van der Waals surface area contributed by atoms with E-state index in [1.54, 1.807) is 4.52 Å². The second-order valence-corrected chi connectivity index (χ2v) is 5.50. The maximum Gasteiger partial charge on any atom is 0.252 e. The minimum Gasteiger partial charge on any atom is -0.396 e. The molecule has 3 aromatic rings. The third kappa shape index (κ3) is 2.91. The molecule has 24 heavy (non-hydrogen) atoms. The third-order valence-corrected chi connectivity index (χ3v) is 3.75. The lowest BCUT2D eigenvalue weighted by Gasteiger charge is -2.04. The summed E-state index contributed by atoms with van der Waals surface area (Å²) in [6, 6.07) is 9.65. The minimum absolute atomic E-state index is 0.0778. The number of rotatable bonds is 4. The SMILES string of the molecule is CC(=O)NCc1cccc(-c2cc3c(N)c(C(N)=O)cnn3c2)c1. The van der Waals surface area contributed by atoms with Crippen LogP contribution in [0.15, 0.2) is 42.7 Å². The van der Waals surface area contributed by atoms with Crippen LogP contribution in [0, 0.1) is 0 Å². The van der Waals surface area contributed by atoms with Crippen LogP contribution >= 0.6 is 0 Å². The lowest BCUT2D eigenvalue weighted by molar-refractivity contribution is -0.119. The van der Waals surface area contributed by atoms with Gasteiger partial charge in [-0.05, 0) is 23.3 Å². The number of nitrogens with one attached hydrogen (secondary N) is 1. The van der Waals surface area contributed by atoms with Crippen molar-refractivity contribution < 1.29 is 9.59 Å². The summed E-state index contributed by atoms with van der Waals surface area (Å²) in [5.41, 5.74) is 15.3. The molecule has 0 radical (unpaired) electrons. The Balaban J connectivity index is 2.01. The van der Waals surface area contributed by atoms with E-state index in [9.17, 15) is 9.59 Å². The zero-order valence-corrected chi connectivity index (χ0v) is 13.1. The molecule has 5 N–H and O–H groups in total. The molecule has 0 unspecified atom stereocenters. The van der Waals surface area contributed by atoms with Crippen LogP contribution in [0.1, 0.15) is 22.8 Å². The molecule has 0 spiro atoms. The van der Waals surface area contributed by atoms with E-state index in [2.05, 4.69) is 10.4 Å². The van der Waals surface area contributed by atoms with Gasteiger partial charge in [-0.3, -0.25) is 9.59 Å². The average Bonchev–Trinajstić information content (AvgIpc) is 2.98. The number of hydrogen-bond donors (Lipinski definition) is 3. The first kappa shape index (κ1) is 15.5.